The van der Waals surface area contributed by atoms with E-state index in [9.17, 15) is 0 Å². The number of hydrogen-bond donors (Lipinski definition) is 0. The number of hydrogen-bond acceptors (Lipinski definition) is 5. The average Bonchev–Trinajstić information content (AvgIpc) is 3.39. The van der Waals surface area contributed by atoms with Gasteiger partial charge in [0.15, 0.2) is 0 Å². The van der Waals surface area contributed by atoms with Crippen LogP contribution < -0.4 is 9.47 Å². The van der Waals surface area contributed by atoms with Crippen molar-refractivity contribution in [1.82, 2.24) is 10.2 Å². The molecule has 0 atom stereocenters. The predicted molar refractivity (Wildman–Crippen MR) is 148 cm³/mol. The first-order valence-electron chi connectivity index (χ1n) is 12.9. The third-order valence-electron chi connectivity index (χ3n) is 5.60. The topological polar surface area (TPSA) is 44.2 Å². The zero-order valence-electron chi connectivity index (χ0n) is 21.1. The van der Waals surface area contributed by atoms with Gasteiger partial charge in [0, 0.05) is 11.1 Å². The largest absolute Gasteiger partial charge is 0.490 e. The number of aromatic nitrogens is 2. The maximum Gasteiger partial charge on any atom is 0.148 e. The molecule has 0 amide bonds. The van der Waals surface area contributed by atoms with E-state index in [1.165, 1.54) is 38.5 Å². The van der Waals surface area contributed by atoms with Gasteiger partial charge in [-0.25, -0.2) is 0 Å². The van der Waals surface area contributed by atoms with Gasteiger partial charge in [-0.15, -0.1) is 10.2 Å². The van der Waals surface area contributed by atoms with Crippen LogP contribution in [-0.2, 0) is 0 Å². The molecule has 2 aromatic carbocycles. The highest BCUT2D eigenvalue weighted by Crippen LogP contribution is 2.31. The second-order valence-corrected chi connectivity index (χ2v) is 9.50. The summed E-state index contributed by atoms with van der Waals surface area (Å²) >= 11 is 1.59. The van der Waals surface area contributed by atoms with Crippen LogP contribution >= 0.6 is 11.3 Å². The van der Waals surface area contributed by atoms with Crippen molar-refractivity contribution in [3.63, 3.8) is 0 Å². The molecule has 3 rings (SSSR count). The van der Waals surface area contributed by atoms with Gasteiger partial charge in [0.1, 0.15) is 34.7 Å². The molecule has 0 fully saturated rings. The molecule has 0 bridgehead atoms. The fraction of sp³-hybridized carbons (Fsp3) is 0.400. The highest BCUT2D eigenvalue weighted by molar-refractivity contribution is 7.17. The molecule has 186 valence electrons. The van der Waals surface area contributed by atoms with E-state index in [1.54, 1.807) is 11.3 Å². The van der Waals surface area contributed by atoms with Crippen molar-refractivity contribution in [3.8, 4) is 32.6 Å². The number of unbranched alkanes of at least 4 members (excludes halogenated alkanes) is 6. The molecule has 3 aromatic rings. The van der Waals surface area contributed by atoms with E-state index in [-0.39, 0.29) is 0 Å². The molecule has 0 aliphatic rings. The van der Waals surface area contributed by atoms with E-state index < -0.39 is 0 Å². The van der Waals surface area contributed by atoms with Crippen molar-refractivity contribution >= 4 is 11.3 Å². The van der Waals surface area contributed by atoms with Crippen LogP contribution in [0.4, 0.5) is 0 Å². The fourth-order valence-electron chi connectivity index (χ4n) is 3.53. The Morgan fingerprint density at radius 1 is 0.600 bits per heavy atom. The first-order chi connectivity index (χ1) is 17.3. The minimum absolute atomic E-state index is 0.601. The Bertz CT molecular complexity index is 941. The van der Waals surface area contributed by atoms with E-state index in [2.05, 4.69) is 48.3 Å². The highest BCUT2D eigenvalue weighted by Gasteiger charge is 2.09. The molecule has 0 aliphatic carbocycles. The van der Waals surface area contributed by atoms with Gasteiger partial charge in [0.25, 0.3) is 0 Å². The average molecular weight is 491 g/mol. The summed E-state index contributed by atoms with van der Waals surface area (Å²) < 4.78 is 11.6. The third kappa shape index (κ3) is 9.69. The summed E-state index contributed by atoms with van der Waals surface area (Å²) in [5.74, 6) is 1.73. The Labute approximate surface area is 214 Å². The quantitative estimate of drug-likeness (QED) is 0.148. The van der Waals surface area contributed by atoms with Crippen LogP contribution in [0.3, 0.4) is 0 Å². The van der Waals surface area contributed by atoms with E-state index in [1.807, 2.05) is 48.5 Å². The van der Waals surface area contributed by atoms with Gasteiger partial charge in [-0.1, -0.05) is 75.2 Å². The number of ether oxygens (including phenoxy) is 2. The number of rotatable bonds is 16. The second kappa shape index (κ2) is 15.9. The Kier molecular flexibility index (Phi) is 12.1. The lowest BCUT2D eigenvalue weighted by Crippen LogP contribution is -1.93. The number of nitrogens with zero attached hydrogens (tertiary/aromatic N) is 2. The van der Waals surface area contributed by atoms with Crippen LogP contribution in [0.25, 0.3) is 21.1 Å². The summed E-state index contributed by atoms with van der Waals surface area (Å²) in [4.78, 5) is 0. The van der Waals surface area contributed by atoms with Gasteiger partial charge in [0.2, 0.25) is 0 Å². The Hall–Kier alpha value is -2.92. The third-order valence-corrected chi connectivity index (χ3v) is 6.62. The van der Waals surface area contributed by atoms with Gasteiger partial charge in [-0.3, -0.25) is 0 Å². The van der Waals surface area contributed by atoms with Crippen molar-refractivity contribution in [1.29, 1.82) is 0 Å². The normalized spacial score (nSPS) is 11.5. The molecule has 5 heteroatoms. The first-order valence-corrected chi connectivity index (χ1v) is 13.7. The van der Waals surface area contributed by atoms with Crippen LogP contribution in [0.1, 0.15) is 65.2 Å². The summed E-state index contributed by atoms with van der Waals surface area (Å²) in [6.07, 6.45) is 18.5. The molecule has 0 radical (unpaired) electrons. The Balaban J connectivity index is 1.46. The van der Waals surface area contributed by atoms with Gasteiger partial charge in [-0.05, 0) is 74.2 Å². The van der Waals surface area contributed by atoms with Crippen LogP contribution in [0.5, 0.6) is 11.5 Å². The van der Waals surface area contributed by atoms with E-state index in [4.69, 9.17) is 9.47 Å². The standard InChI is InChI=1S/C30H38N2O2S/c1-3-5-7-9-11-13-23-33-27-19-15-25(16-20-27)29-31-32-30(35-29)26-17-21-28(22-18-26)34-24-14-12-10-8-6-4-2/h11-22H,3-10,23-24H2,1-2H3. The molecule has 35 heavy (non-hydrogen) atoms. The predicted octanol–water partition coefficient (Wildman–Crippen LogP) is 8.90. The van der Waals surface area contributed by atoms with Crippen molar-refractivity contribution in [2.75, 3.05) is 13.2 Å². The van der Waals surface area contributed by atoms with Crippen molar-refractivity contribution in [2.45, 2.75) is 65.2 Å². The zero-order chi connectivity index (χ0) is 24.6. The molecule has 0 aliphatic heterocycles. The molecule has 4 nitrogen and oxygen atoms in total. The molecule has 1 heterocycles. The maximum atomic E-state index is 5.81. The first kappa shape index (κ1) is 26.7. The van der Waals surface area contributed by atoms with Gasteiger partial charge in [-0.2, -0.15) is 0 Å². The van der Waals surface area contributed by atoms with Crippen molar-refractivity contribution in [3.05, 3.63) is 72.8 Å². The zero-order valence-corrected chi connectivity index (χ0v) is 21.9. The second-order valence-electron chi connectivity index (χ2n) is 8.52. The van der Waals surface area contributed by atoms with E-state index in [0.717, 1.165) is 45.5 Å². The monoisotopic (exact) mass is 490 g/mol. The van der Waals surface area contributed by atoms with E-state index >= 15 is 0 Å². The van der Waals surface area contributed by atoms with Crippen molar-refractivity contribution < 1.29 is 9.47 Å². The molecule has 0 spiro atoms. The molecule has 1 aromatic heterocycles. The summed E-state index contributed by atoms with van der Waals surface area (Å²) in [5, 5.41) is 10.6. The van der Waals surface area contributed by atoms with Crippen LogP contribution in [-0.4, -0.2) is 23.4 Å². The summed E-state index contributed by atoms with van der Waals surface area (Å²) in [5.41, 5.74) is 2.09. The molecule has 0 saturated heterocycles. The van der Waals surface area contributed by atoms with Crippen molar-refractivity contribution in [2.24, 2.45) is 0 Å². The number of allylic oxidation sites excluding steroid dienone is 2. The lowest BCUT2D eigenvalue weighted by molar-refractivity contribution is 0.362. The Morgan fingerprint density at radius 2 is 1.03 bits per heavy atom. The van der Waals surface area contributed by atoms with Crippen LogP contribution in [0, 0.1) is 0 Å². The van der Waals surface area contributed by atoms with Gasteiger partial charge >= 0.3 is 0 Å². The SMILES string of the molecule is CCCCCC=CCOc1ccc(-c2nnc(-c3ccc(OCC=CCCCCC)cc3)s2)cc1. The molecular formula is C30H38N2O2S. The number of benzene rings is 2. The lowest BCUT2D eigenvalue weighted by atomic mass is 10.2. The lowest BCUT2D eigenvalue weighted by Gasteiger charge is -2.04. The molecule has 0 unspecified atom stereocenters. The highest BCUT2D eigenvalue weighted by atomic mass is 32.1. The van der Waals surface area contributed by atoms with Gasteiger partial charge < -0.3 is 9.47 Å². The van der Waals surface area contributed by atoms with Crippen LogP contribution in [0.2, 0.25) is 0 Å². The molecular weight excluding hydrogens is 452 g/mol. The minimum atomic E-state index is 0.601. The maximum absolute atomic E-state index is 5.81. The smallest absolute Gasteiger partial charge is 0.148 e. The Morgan fingerprint density at radius 3 is 1.43 bits per heavy atom. The summed E-state index contributed by atoms with van der Waals surface area (Å²) in [6.45, 7) is 5.65. The molecule has 0 N–H and O–H groups in total. The molecule has 0 saturated carbocycles. The van der Waals surface area contributed by atoms with E-state index in [0.29, 0.717) is 13.2 Å². The van der Waals surface area contributed by atoms with Crippen LogP contribution in [0.15, 0.2) is 72.8 Å². The summed E-state index contributed by atoms with van der Waals surface area (Å²) in [6, 6.07) is 16.1. The van der Waals surface area contributed by atoms with Gasteiger partial charge in [0.05, 0.1) is 0 Å². The fourth-order valence-corrected chi connectivity index (χ4v) is 4.38. The minimum Gasteiger partial charge on any atom is -0.490 e. The summed E-state index contributed by atoms with van der Waals surface area (Å²) in [7, 11) is 0.